The van der Waals surface area contributed by atoms with Crippen LogP contribution in [0.4, 0.5) is 11.5 Å². The molecule has 29 heavy (non-hydrogen) atoms. The van der Waals surface area contributed by atoms with Crippen LogP contribution in [-0.2, 0) is 5.41 Å². The maximum atomic E-state index is 4.74. The number of aryl methyl sites for hydroxylation is 2. The molecular formula is C24H27N5. The van der Waals surface area contributed by atoms with Crippen molar-refractivity contribution in [3.63, 3.8) is 0 Å². The van der Waals surface area contributed by atoms with Crippen LogP contribution in [-0.4, -0.2) is 19.6 Å². The Hall–Kier alpha value is -3.21. The summed E-state index contributed by atoms with van der Waals surface area (Å²) < 4.78 is 1.78. The van der Waals surface area contributed by atoms with Crippen LogP contribution in [0.5, 0.6) is 0 Å². The van der Waals surface area contributed by atoms with Crippen molar-refractivity contribution >= 4 is 17.3 Å². The summed E-state index contributed by atoms with van der Waals surface area (Å²) in [5.74, 6) is 2.12. The van der Waals surface area contributed by atoms with Crippen molar-refractivity contribution in [3.8, 4) is 11.4 Å². The number of benzene rings is 2. The highest BCUT2D eigenvalue weighted by Gasteiger charge is 2.16. The molecule has 5 nitrogen and oxygen atoms in total. The van der Waals surface area contributed by atoms with Crippen molar-refractivity contribution in [3.05, 3.63) is 70.9 Å². The van der Waals surface area contributed by atoms with E-state index >= 15 is 0 Å². The average Bonchev–Trinajstić information content (AvgIpc) is 3.09. The Balaban J connectivity index is 1.76. The number of nitrogens with zero attached hydrogens (tertiary/aromatic N) is 4. The summed E-state index contributed by atoms with van der Waals surface area (Å²) in [6.07, 6.45) is 0. The van der Waals surface area contributed by atoms with Gasteiger partial charge in [-0.25, -0.2) is 4.98 Å². The first kappa shape index (κ1) is 19.1. The minimum atomic E-state index is 0.117. The predicted molar refractivity (Wildman–Crippen MR) is 119 cm³/mol. The van der Waals surface area contributed by atoms with E-state index in [1.54, 1.807) is 4.52 Å². The fourth-order valence-electron chi connectivity index (χ4n) is 3.34. The first-order valence-corrected chi connectivity index (χ1v) is 9.91. The molecule has 0 amide bonds. The Kier molecular flexibility index (Phi) is 4.61. The van der Waals surface area contributed by atoms with Gasteiger partial charge in [0.2, 0.25) is 0 Å². The number of nitrogens with one attached hydrogen (secondary N) is 1. The summed E-state index contributed by atoms with van der Waals surface area (Å²) in [7, 11) is 0. The molecule has 0 radical (unpaired) electrons. The molecular weight excluding hydrogens is 358 g/mol. The molecule has 0 aliphatic heterocycles. The van der Waals surface area contributed by atoms with Crippen LogP contribution < -0.4 is 5.32 Å². The third-order valence-electron chi connectivity index (χ3n) is 5.32. The lowest BCUT2D eigenvalue weighted by atomic mass is 9.87. The fourth-order valence-corrected chi connectivity index (χ4v) is 3.34. The van der Waals surface area contributed by atoms with E-state index in [1.165, 1.54) is 16.7 Å². The largest absolute Gasteiger partial charge is 0.340 e. The highest BCUT2D eigenvalue weighted by Crippen LogP contribution is 2.27. The minimum absolute atomic E-state index is 0.117. The van der Waals surface area contributed by atoms with E-state index in [4.69, 9.17) is 5.10 Å². The number of hydrogen-bond acceptors (Lipinski definition) is 4. The molecule has 4 rings (SSSR count). The highest BCUT2D eigenvalue weighted by molar-refractivity contribution is 5.65. The van der Waals surface area contributed by atoms with Crippen molar-refractivity contribution < 1.29 is 0 Å². The Bertz CT molecular complexity index is 1180. The first-order chi connectivity index (χ1) is 13.7. The van der Waals surface area contributed by atoms with E-state index in [1.807, 2.05) is 13.0 Å². The number of rotatable bonds is 3. The molecule has 148 valence electrons. The molecule has 0 saturated heterocycles. The van der Waals surface area contributed by atoms with Gasteiger partial charge in [0.05, 0.1) is 0 Å². The van der Waals surface area contributed by atoms with Crippen molar-refractivity contribution in [2.75, 3.05) is 5.32 Å². The second kappa shape index (κ2) is 6.99. The number of fused-ring (bicyclic) bond motifs is 1. The van der Waals surface area contributed by atoms with Gasteiger partial charge in [-0.15, -0.1) is 5.10 Å². The molecule has 0 spiro atoms. The highest BCUT2D eigenvalue weighted by atomic mass is 15.4. The quantitative estimate of drug-likeness (QED) is 0.487. The molecule has 1 N–H and O–H groups in total. The number of hydrogen-bond donors (Lipinski definition) is 1. The van der Waals surface area contributed by atoms with E-state index in [2.05, 4.69) is 92.4 Å². The van der Waals surface area contributed by atoms with E-state index in [0.717, 1.165) is 22.8 Å². The summed E-state index contributed by atoms with van der Waals surface area (Å²) in [6.45, 7) is 12.8. The lowest BCUT2D eigenvalue weighted by Gasteiger charge is -2.18. The maximum absolute atomic E-state index is 4.74. The molecule has 0 fully saturated rings. The molecule has 0 atom stereocenters. The van der Waals surface area contributed by atoms with Gasteiger partial charge >= 0.3 is 0 Å². The van der Waals surface area contributed by atoms with E-state index in [9.17, 15) is 0 Å². The fraction of sp³-hybridized carbons (Fsp3) is 0.292. The summed E-state index contributed by atoms with van der Waals surface area (Å²) in [6, 6.07) is 16.7. The zero-order chi connectivity index (χ0) is 20.8. The van der Waals surface area contributed by atoms with Gasteiger partial charge in [-0.3, -0.25) is 0 Å². The van der Waals surface area contributed by atoms with Crippen molar-refractivity contribution in [1.82, 2.24) is 19.6 Å². The third-order valence-corrected chi connectivity index (χ3v) is 5.32. The van der Waals surface area contributed by atoms with Crippen LogP contribution in [0.2, 0.25) is 0 Å². The molecule has 0 unspecified atom stereocenters. The zero-order valence-corrected chi connectivity index (χ0v) is 17.9. The van der Waals surface area contributed by atoms with Gasteiger partial charge in [-0.1, -0.05) is 57.2 Å². The second-order valence-corrected chi connectivity index (χ2v) is 8.63. The summed E-state index contributed by atoms with van der Waals surface area (Å²) in [5, 5.41) is 8.26. The summed E-state index contributed by atoms with van der Waals surface area (Å²) >= 11 is 0. The summed E-state index contributed by atoms with van der Waals surface area (Å²) in [4.78, 5) is 9.25. The zero-order valence-electron chi connectivity index (χ0n) is 17.9. The molecule has 2 aromatic carbocycles. The van der Waals surface area contributed by atoms with Crippen molar-refractivity contribution in [1.29, 1.82) is 0 Å². The Morgan fingerprint density at radius 2 is 1.62 bits per heavy atom. The molecule has 0 bridgehead atoms. The van der Waals surface area contributed by atoms with Gasteiger partial charge in [-0.05, 0) is 48.9 Å². The van der Waals surface area contributed by atoms with E-state index in [-0.39, 0.29) is 5.41 Å². The smallest absolute Gasteiger partial charge is 0.254 e. The van der Waals surface area contributed by atoms with E-state index < -0.39 is 0 Å². The van der Waals surface area contributed by atoms with Gasteiger partial charge in [0.15, 0.2) is 5.82 Å². The molecule has 2 aromatic heterocycles. The van der Waals surface area contributed by atoms with Crippen LogP contribution in [0.3, 0.4) is 0 Å². The summed E-state index contributed by atoms with van der Waals surface area (Å²) in [5.41, 5.74) is 6.81. The van der Waals surface area contributed by atoms with Crippen LogP contribution in [0.1, 0.15) is 43.2 Å². The van der Waals surface area contributed by atoms with Crippen LogP contribution in [0.15, 0.2) is 48.5 Å². The van der Waals surface area contributed by atoms with Crippen molar-refractivity contribution in [2.24, 2.45) is 0 Å². The standard InChI is InChI=1S/C24H27N5/c1-15-8-7-9-20(17(15)3)26-21-14-16(2)25-23-27-22(28-29(21)23)18-10-12-19(13-11-18)24(4,5)6/h7-14,26H,1-6H3. The molecule has 0 aliphatic rings. The lowest BCUT2D eigenvalue weighted by molar-refractivity contribution is 0.590. The maximum Gasteiger partial charge on any atom is 0.254 e. The number of anilines is 2. The average molecular weight is 386 g/mol. The minimum Gasteiger partial charge on any atom is -0.340 e. The lowest BCUT2D eigenvalue weighted by Crippen LogP contribution is -2.10. The molecule has 5 heteroatoms. The second-order valence-electron chi connectivity index (χ2n) is 8.63. The van der Waals surface area contributed by atoms with Crippen LogP contribution >= 0.6 is 0 Å². The monoisotopic (exact) mass is 385 g/mol. The van der Waals surface area contributed by atoms with Crippen molar-refractivity contribution in [2.45, 2.75) is 47.0 Å². The Morgan fingerprint density at radius 1 is 0.897 bits per heavy atom. The van der Waals surface area contributed by atoms with Crippen LogP contribution in [0.25, 0.3) is 17.2 Å². The van der Waals surface area contributed by atoms with Gasteiger partial charge in [0.25, 0.3) is 5.78 Å². The topological polar surface area (TPSA) is 55.1 Å². The van der Waals surface area contributed by atoms with Gasteiger partial charge in [0.1, 0.15) is 5.82 Å². The molecule has 4 aromatic rings. The molecule has 0 aliphatic carbocycles. The van der Waals surface area contributed by atoms with E-state index in [0.29, 0.717) is 11.6 Å². The SMILES string of the molecule is Cc1cc(Nc2cccc(C)c2C)n2nc(-c3ccc(C(C)(C)C)cc3)nc2n1. The normalized spacial score (nSPS) is 11.8. The third kappa shape index (κ3) is 3.73. The van der Waals surface area contributed by atoms with Crippen LogP contribution in [0, 0.1) is 20.8 Å². The molecule has 0 saturated carbocycles. The number of aromatic nitrogens is 4. The predicted octanol–water partition coefficient (Wildman–Crippen LogP) is 5.76. The Labute approximate surface area is 171 Å². The first-order valence-electron chi connectivity index (χ1n) is 9.91. The van der Waals surface area contributed by atoms with Gasteiger partial charge < -0.3 is 5.32 Å². The van der Waals surface area contributed by atoms with Gasteiger partial charge in [-0.2, -0.15) is 9.50 Å². The molecule has 2 heterocycles. The Morgan fingerprint density at radius 3 is 2.31 bits per heavy atom. The van der Waals surface area contributed by atoms with Gasteiger partial charge in [0, 0.05) is 23.0 Å².